The minimum Gasteiger partial charge on any atom is -0.482 e. The number of aryl methyl sites for hydroxylation is 1. The molecule has 5 nitrogen and oxygen atoms in total. The zero-order chi connectivity index (χ0) is 19.2. The molecule has 0 spiro atoms. The Morgan fingerprint density at radius 1 is 1.07 bits per heavy atom. The van der Waals surface area contributed by atoms with Crippen LogP contribution in [0.3, 0.4) is 0 Å². The fourth-order valence-corrected chi connectivity index (χ4v) is 3.09. The number of esters is 1. The molecule has 1 heterocycles. The van der Waals surface area contributed by atoms with Gasteiger partial charge < -0.3 is 13.9 Å². The molecule has 0 aliphatic carbocycles. The maximum atomic E-state index is 12.7. The zero-order valence-electron chi connectivity index (χ0n) is 15.5. The van der Waals surface area contributed by atoms with Crippen molar-refractivity contribution < 1.29 is 18.7 Å². The van der Waals surface area contributed by atoms with Gasteiger partial charge in [0.1, 0.15) is 11.3 Å². The van der Waals surface area contributed by atoms with Gasteiger partial charge in [0, 0.05) is 11.5 Å². The molecule has 0 fully saturated rings. The number of carbonyl (C=O) groups excluding carboxylic acids is 1. The summed E-state index contributed by atoms with van der Waals surface area (Å²) in [7, 11) is 0. The Kier molecular flexibility index (Phi) is 5.91. The van der Waals surface area contributed by atoms with Crippen LogP contribution in [0.5, 0.6) is 5.75 Å². The summed E-state index contributed by atoms with van der Waals surface area (Å²) in [6, 6.07) is 14.8. The maximum absolute atomic E-state index is 12.7. The van der Waals surface area contributed by atoms with Gasteiger partial charge in [-0.3, -0.25) is 0 Å². The predicted molar refractivity (Wildman–Crippen MR) is 104 cm³/mol. The standard InChI is InChI=1S/C22H22O5/c1-3-8-18-17-12-11-16(26-14-20(23)25-4-2)13-19(17)27-22(24)21(18)15-9-6-5-7-10-15/h5-7,9-13H,3-4,8,14H2,1-2H3. The lowest BCUT2D eigenvalue weighted by Gasteiger charge is -2.12. The van der Waals surface area contributed by atoms with Crippen molar-refractivity contribution in [2.75, 3.05) is 13.2 Å². The van der Waals surface area contributed by atoms with Gasteiger partial charge in [0.2, 0.25) is 0 Å². The Bertz CT molecular complexity index is 989. The van der Waals surface area contributed by atoms with Crippen LogP contribution in [-0.4, -0.2) is 19.2 Å². The highest BCUT2D eigenvalue weighted by molar-refractivity contribution is 5.88. The van der Waals surface area contributed by atoms with Crippen molar-refractivity contribution in [2.45, 2.75) is 26.7 Å². The van der Waals surface area contributed by atoms with Crippen LogP contribution in [0, 0.1) is 0 Å². The van der Waals surface area contributed by atoms with Crippen LogP contribution in [0.4, 0.5) is 0 Å². The van der Waals surface area contributed by atoms with E-state index in [4.69, 9.17) is 13.9 Å². The summed E-state index contributed by atoms with van der Waals surface area (Å²) < 4.78 is 15.9. The van der Waals surface area contributed by atoms with Gasteiger partial charge in [-0.15, -0.1) is 0 Å². The van der Waals surface area contributed by atoms with Crippen molar-refractivity contribution in [3.8, 4) is 16.9 Å². The van der Waals surface area contributed by atoms with Crippen molar-refractivity contribution in [3.63, 3.8) is 0 Å². The van der Waals surface area contributed by atoms with Crippen LogP contribution >= 0.6 is 0 Å². The molecular formula is C22H22O5. The van der Waals surface area contributed by atoms with Crippen LogP contribution in [0.15, 0.2) is 57.7 Å². The van der Waals surface area contributed by atoms with E-state index in [2.05, 4.69) is 6.92 Å². The average molecular weight is 366 g/mol. The molecule has 0 unspecified atom stereocenters. The second kappa shape index (κ2) is 8.54. The SMILES string of the molecule is CCCc1c(-c2ccccc2)c(=O)oc2cc(OCC(=O)OCC)ccc12. The molecule has 0 N–H and O–H groups in total. The van der Waals surface area contributed by atoms with Crippen molar-refractivity contribution in [3.05, 3.63) is 64.5 Å². The van der Waals surface area contributed by atoms with Crippen LogP contribution in [0.2, 0.25) is 0 Å². The van der Waals surface area contributed by atoms with Gasteiger partial charge in [-0.25, -0.2) is 9.59 Å². The largest absolute Gasteiger partial charge is 0.482 e. The van der Waals surface area contributed by atoms with Crippen molar-refractivity contribution in [1.29, 1.82) is 0 Å². The Balaban J connectivity index is 2.04. The van der Waals surface area contributed by atoms with Gasteiger partial charge in [-0.1, -0.05) is 43.7 Å². The molecule has 0 bridgehead atoms. The molecule has 1 aromatic heterocycles. The van der Waals surface area contributed by atoms with E-state index in [9.17, 15) is 9.59 Å². The zero-order valence-corrected chi connectivity index (χ0v) is 15.5. The first-order valence-electron chi connectivity index (χ1n) is 9.07. The molecule has 0 atom stereocenters. The first kappa shape index (κ1) is 18.7. The summed E-state index contributed by atoms with van der Waals surface area (Å²) >= 11 is 0. The summed E-state index contributed by atoms with van der Waals surface area (Å²) in [6.45, 7) is 3.93. The monoisotopic (exact) mass is 366 g/mol. The minimum atomic E-state index is -0.440. The van der Waals surface area contributed by atoms with Gasteiger partial charge in [0.05, 0.1) is 12.2 Å². The highest BCUT2D eigenvalue weighted by Gasteiger charge is 2.16. The number of fused-ring (bicyclic) bond motifs is 1. The van der Waals surface area contributed by atoms with E-state index in [0.29, 0.717) is 23.5 Å². The molecule has 3 rings (SSSR count). The molecule has 0 aliphatic rings. The van der Waals surface area contributed by atoms with Crippen molar-refractivity contribution in [1.82, 2.24) is 0 Å². The number of ether oxygens (including phenoxy) is 2. The van der Waals surface area contributed by atoms with Crippen molar-refractivity contribution in [2.24, 2.45) is 0 Å². The van der Waals surface area contributed by atoms with E-state index in [1.807, 2.05) is 36.4 Å². The van der Waals surface area contributed by atoms with Gasteiger partial charge in [0.15, 0.2) is 6.61 Å². The van der Waals surface area contributed by atoms with Crippen LogP contribution in [-0.2, 0) is 16.0 Å². The van der Waals surface area contributed by atoms with Gasteiger partial charge in [0.25, 0.3) is 0 Å². The molecular weight excluding hydrogens is 344 g/mol. The van der Waals surface area contributed by atoms with E-state index < -0.39 is 5.97 Å². The molecule has 0 aliphatic heterocycles. The van der Waals surface area contributed by atoms with E-state index in [-0.39, 0.29) is 12.2 Å². The van der Waals surface area contributed by atoms with Gasteiger partial charge >= 0.3 is 11.6 Å². The minimum absolute atomic E-state index is 0.187. The number of benzene rings is 2. The third kappa shape index (κ3) is 4.19. The molecule has 0 radical (unpaired) electrons. The lowest BCUT2D eigenvalue weighted by molar-refractivity contribution is -0.145. The Labute approximate surface area is 157 Å². The highest BCUT2D eigenvalue weighted by atomic mass is 16.6. The van der Waals surface area contributed by atoms with E-state index in [1.165, 1.54) is 0 Å². The van der Waals surface area contributed by atoms with E-state index in [0.717, 1.165) is 29.4 Å². The Morgan fingerprint density at radius 3 is 2.56 bits per heavy atom. The lowest BCUT2D eigenvalue weighted by Crippen LogP contribution is -2.14. The third-order valence-electron chi connectivity index (χ3n) is 4.21. The molecule has 5 heteroatoms. The quantitative estimate of drug-likeness (QED) is 0.459. The average Bonchev–Trinajstić information content (AvgIpc) is 2.67. The summed E-state index contributed by atoms with van der Waals surface area (Å²) in [5.74, 6) is 0.0127. The second-order valence-corrected chi connectivity index (χ2v) is 6.11. The smallest absolute Gasteiger partial charge is 0.344 e. The molecule has 140 valence electrons. The van der Waals surface area contributed by atoms with Crippen LogP contribution < -0.4 is 10.4 Å². The normalized spacial score (nSPS) is 10.7. The molecule has 0 saturated heterocycles. The Morgan fingerprint density at radius 2 is 1.85 bits per heavy atom. The number of hydrogen-bond acceptors (Lipinski definition) is 5. The first-order chi connectivity index (χ1) is 13.1. The van der Waals surface area contributed by atoms with E-state index >= 15 is 0 Å². The molecule has 0 amide bonds. The molecule has 0 saturated carbocycles. The van der Waals surface area contributed by atoms with Crippen molar-refractivity contribution >= 4 is 16.9 Å². The molecule has 27 heavy (non-hydrogen) atoms. The fraction of sp³-hybridized carbons (Fsp3) is 0.273. The van der Waals surface area contributed by atoms with E-state index in [1.54, 1.807) is 19.1 Å². The van der Waals surface area contributed by atoms with Crippen LogP contribution in [0.1, 0.15) is 25.8 Å². The number of rotatable bonds is 7. The summed E-state index contributed by atoms with van der Waals surface area (Å²) in [5, 5.41) is 0.874. The van der Waals surface area contributed by atoms with Crippen LogP contribution in [0.25, 0.3) is 22.1 Å². The number of hydrogen-bond donors (Lipinski definition) is 0. The molecule has 2 aromatic carbocycles. The fourth-order valence-electron chi connectivity index (χ4n) is 3.09. The summed E-state index contributed by atoms with van der Waals surface area (Å²) in [6.07, 6.45) is 1.66. The third-order valence-corrected chi connectivity index (χ3v) is 4.21. The lowest BCUT2D eigenvalue weighted by atomic mass is 9.95. The predicted octanol–water partition coefficient (Wildman–Crippen LogP) is 4.35. The topological polar surface area (TPSA) is 65.7 Å². The summed E-state index contributed by atoms with van der Waals surface area (Å²) in [5.41, 5.74) is 2.49. The second-order valence-electron chi connectivity index (χ2n) is 6.11. The molecule has 3 aromatic rings. The summed E-state index contributed by atoms with van der Waals surface area (Å²) in [4.78, 5) is 24.2. The Hall–Kier alpha value is -3.08. The van der Waals surface area contributed by atoms with Gasteiger partial charge in [-0.2, -0.15) is 0 Å². The van der Waals surface area contributed by atoms with Gasteiger partial charge in [-0.05, 0) is 36.6 Å². The first-order valence-corrected chi connectivity index (χ1v) is 9.07. The number of carbonyl (C=O) groups is 1. The highest BCUT2D eigenvalue weighted by Crippen LogP contribution is 2.30. The maximum Gasteiger partial charge on any atom is 0.344 e.